The highest BCUT2D eigenvalue weighted by molar-refractivity contribution is 5.70. The maximum Gasteiger partial charge on any atom is 0.308 e. The van der Waals surface area contributed by atoms with Crippen LogP contribution < -0.4 is 5.32 Å². The SMILES string of the molecule is COCC(CC(=O)OCc1ccccc1)NC=O. The molecular formula is C13H17NO4. The van der Waals surface area contributed by atoms with Gasteiger partial charge in [0.25, 0.3) is 0 Å². The van der Waals surface area contributed by atoms with E-state index in [1.165, 1.54) is 7.11 Å². The average Bonchev–Trinajstić information content (AvgIpc) is 2.38. The van der Waals surface area contributed by atoms with E-state index in [4.69, 9.17) is 9.47 Å². The van der Waals surface area contributed by atoms with Crippen molar-refractivity contribution in [2.75, 3.05) is 13.7 Å². The summed E-state index contributed by atoms with van der Waals surface area (Å²) in [6, 6.07) is 9.06. The number of benzene rings is 1. The highest BCUT2D eigenvalue weighted by Crippen LogP contribution is 2.03. The minimum Gasteiger partial charge on any atom is -0.461 e. The van der Waals surface area contributed by atoms with Gasteiger partial charge in [-0.05, 0) is 5.56 Å². The second kappa shape index (κ2) is 8.25. The molecule has 5 nitrogen and oxygen atoms in total. The monoisotopic (exact) mass is 251 g/mol. The van der Waals surface area contributed by atoms with Gasteiger partial charge in [-0.2, -0.15) is 0 Å². The number of esters is 1. The van der Waals surface area contributed by atoms with Crippen molar-refractivity contribution in [1.82, 2.24) is 5.32 Å². The first-order valence-electron chi connectivity index (χ1n) is 5.64. The van der Waals surface area contributed by atoms with Gasteiger partial charge in [0.2, 0.25) is 6.41 Å². The van der Waals surface area contributed by atoms with E-state index in [1.807, 2.05) is 30.3 Å². The second-order valence-corrected chi connectivity index (χ2v) is 3.79. The Bertz CT molecular complexity index is 367. The largest absolute Gasteiger partial charge is 0.461 e. The van der Waals surface area contributed by atoms with Crippen LogP contribution in [0, 0.1) is 0 Å². The van der Waals surface area contributed by atoms with Crippen LogP contribution in [0.4, 0.5) is 0 Å². The molecule has 5 heteroatoms. The summed E-state index contributed by atoms with van der Waals surface area (Å²) in [7, 11) is 1.51. The van der Waals surface area contributed by atoms with Crippen LogP contribution in [0.15, 0.2) is 30.3 Å². The van der Waals surface area contributed by atoms with Crippen molar-refractivity contribution in [2.45, 2.75) is 19.1 Å². The lowest BCUT2D eigenvalue weighted by atomic mass is 10.2. The summed E-state index contributed by atoms with van der Waals surface area (Å²) in [5, 5.41) is 2.51. The van der Waals surface area contributed by atoms with Gasteiger partial charge in [-0.15, -0.1) is 0 Å². The Kier molecular flexibility index (Phi) is 6.50. The third-order valence-corrected chi connectivity index (χ3v) is 2.33. The van der Waals surface area contributed by atoms with Crippen LogP contribution in [0.2, 0.25) is 0 Å². The lowest BCUT2D eigenvalue weighted by molar-refractivity contribution is -0.145. The second-order valence-electron chi connectivity index (χ2n) is 3.79. The van der Waals surface area contributed by atoms with E-state index in [0.717, 1.165) is 5.56 Å². The number of carbonyl (C=O) groups excluding carboxylic acids is 2. The first-order valence-corrected chi connectivity index (χ1v) is 5.64. The van der Waals surface area contributed by atoms with Gasteiger partial charge in [0, 0.05) is 7.11 Å². The van der Waals surface area contributed by atoms with Crippen molar-refractivity contribution in [3.05, 3.63) is 35.9 Å². The molecule has 0 saturated carbocycles. The fourth-order valence-corrected chi connectivity index (χ4v) is 1.46. The average molecular weight is 251 g/mol. The van der Waals surface area contributed by atoms with Gasteiger partial charge in [-0.1, -0.05) is 30.3 Å². The van der Waals surface area contributed by atoms with Gasteiger partial charge in [0.15, 0.2) is 0 Å². The summed E-state index contributed by atoms with van der Waals surface area (Å²) in [4.78, 5) is 21.9. The zero-order valence-corrected chi connectivity index (χ0v) is 10.3. The van der Waals surface area contributed by atoms with Crippen LogP contribution in [-0.4, -0.2) is 32.1 Å². The van der Waals surface area contributed by atoms with Gasteiger partial charge < -0.3 is 14.8 Å². The molecule has 0 heterocycles. The fourth-order valence-electron chi connectivity index (χ4n) is 1.46. The number of methoxy groups -OCH3 is 1. The summed E-state index contributed by atoms with van der Waals surface area (Å²) in [6.45, 7) is 0.514. The Morgan fingerprint density at radius 2 is 2.11 bits per heavy atom. The smallest absolute Gasteiger partial charge is 0.308 e. The van der Waals surface area contributed by atoms with E-state index in [0.29, 0.717) is 6.41 Å². The van der Waals surface area contributed by atoms with Gasteiger partial charge in [0.05, 0.1) is 19.1 Å². The van der Waals surface area contributed by atoms with Crippen molar-refractivity contribution in [3.63, 3.8) is 0 Å². The highest BCUT2D eigenvalue weighted by Gasteiger charge is 2.13. The molecule has 0 aromatic heterocycles. The van der Waals surface area contributed by atoms with Crippen LogP contribution in [0.5, 0.6) is 0 Å². The number of hydrogen-bond donors (Lipinski definition) is 1. The summed E-state index contributed by atoms with van der Waals surface area (Å²) in [5.41, 5.74) is 0.928. The standard InChI is InChI=1S/C13H17NO4/c1-17-9-12(14-10-15)7-13(16)18-8-11-5-3-2-4-6-11/h2-6,10,12H,7-9H2,1H3,(H,14,15). The lowest BCUT2D eigenvalue weighted by Crippen LogP contribution is -2.34. The highest BCUT2D eigenvalue weighted by atomic mass is 16.5. The predicted molar refractivity (Wildman–Crippen MR) is 65.7 cm³/mol. The van der Waals surface area contributed by atoms with Crippen LogP contribution in [0.25, 0.3) is 0 Å². The molecule has 1 N–H and O–H groups in total. The maximum absolute atomic E-state index is 11.5. The zero-order valence-electron chi connectivity index (χ0n) is 10.3. The van der Waals surface area contributed by atoms with E-state index in [1.54, 1.807) is 0 Å². The van der Waals surface area contributed by atoms with Gasteiger partial charge >= 0.3 is 5.97 Å². The molecule has 1 unspecified atom stereocenters. The molecule has 0 radical (unpaired) electrons. The van der Waals surface area contributed by atoms with E-state index in [-0.39, 0.29) is 31.6 Å². The van der Waals surface area contributed by atoms with Crippen molar-refractivity contribution in [1.29, 1.82) is 0 Å². The van der Waals surface area contributed by atoms with Crippen molar-refractivity contribution < 1.29 is 19.1 Å². The molecule has 0 aliphatic rings. The van der Waals surface area contributed by atoms with Gasteiger partial charge in [-0.25, -0.2) is 0 Å². The number of rotatable bonds is 8. The Morgan fingerprint density at radius 1 is 1.39 bits per heavy atom. The molecule has 1 aromatic carbocycles. The number of amides is 1. The van der Waals surface area contributed by atoms with E-state index in [2.05, 4.69) is 5.32 Å². The van der Waals surface area contributed by atoms with E-state index in [9.17, 15) is 9.59 Å². The molecule has 1 aromatic rings. The topological polar surface area (TPSA) is 64.6 Å². The fraction of sp³-hybridized carbons (Fsp3) is 0.385. The number of hydrogen-bond acceptors (Lipinski definition) is 4. The van der Waals surface area contributed by atoms with E-state index >= 15 is 0 Å². The molecule has 0 aliphatic carbocycles. The molecule has 0 fully saturated rings. The molecule has 1 rings (SSSR count). The maximum atomic E-state index is 11.5. The Morgan fingerprint density at radius 3 is 2.72 bits per heavy atom. The molecule has 98 valence electrons. The third-order valence-electron chi connectivity index (χ3n) is 2.33. The first kappa shape index (κ1) is 14.2. The Balaban J connectivity index is 2.33. The number of carbonyl (C=O) groups is 2. The normalized spacial score (nSPS) is 11.6. The van der Waals surface area contributed by atoms with Crippen LogP contribution in [-0.2, 0) is 25.7 Å². The Hall–Kier alpha value is -1.88. The molecular weight excluding hydrogens is 234 g/mol. The number of ether oxygens (including phenoxy) is 2. The molecule has 1 amide bonds. The Labute approximate surface area is 106 Å². The molecule has 0 saturated heterocycles. The predicted octanol–water partition coefficient (Wildman–Crippen LogP) is 0.881. The molecule has 18 heavy (non-hydrogen) atoms. The van der Waals surface area contributed by atoms with E-state index < -0.39 is 0 Å². The van der Waals surface area contributed by atoms with Gasteiger partial charge in [-0.3, -0.25) is 9.59 Å². The minimum atomic E-state index is -0.366. The summed E-state index contributed by atoms with van der Waals surface area (Å²) in [5.74, 6) is -0.366. The van der Waals surface area contributed by atoms with Crippen molar-refractivity contribution in [3.8, 4) is 0 Å². The molecule has 0 bridgehead atoms. The van der Waals surface area contributed by atoms with Gasteiger partial charge in [0.1, 0.15) is 6.61 Å². The molecule has 1 atom stereocenters. The number of nitrogens with one attached hydrogen (secondary N) is 1. The summed E-state index contributed by atoms with van der Waals surface area (Å²) < 4.78 is 9.99. The molecule has 0 spiro atoms. The minimum absolute atomic E-state index is 0.0966. The third kappa shape index (κ3) is 5.45. The zero-order chi connectivity index (χ0) is 13.2. The van der Waals surface area contributed by atoms with Crippen molar-refractivity contribution >= 4 is 12.4 Å². The van der Waals surface area contributed by atoms with Crippen LogP contribution in [0.3, 0.4) is 0 Å². The molecule has 0 aliphatic heterocycles. The van der Waals surface area contributed by atoms with Crippen molar-refractivity contribution in [2.24, 2.45) is 0 Å². The van der Waals surface area contributed by atoms with Crippen LogP contribution in [0.1, 0.15) is 12.0 Å². The van der Waals surface area contributed by atoms with Crippen LogP contribution >= 0.6 is 0 Å². The first-order chi connectivity index (χ1) is 8.76. The summed E-state index contributed by atoms with van der Waals surface area (Å²) >= 11 is 0. The summed E-state index contributed by atoms with van der Waals surface area (Å²) in [6.07, 6.45) is 0.646. The lowest BCUT2D eigenvalue weighted by Gasteiger charge is -2.14. The quantitative estimate of drug-likeness (QED) is 0.550.